The number of hydrogen-bond acceptors (Lipinski definition) is 4. The maximum Gasteiger partial charge on any atom is 0.433 e. The Labute approximate surface area is 206 Å². The number of nitrogens with zero attached hydrogens (tertiary/aromatic N) is 5. The van der Waals surface area contributed by atoms with Crippen molar-refractivity contribution in [1.29, 1.82) is 0 Å². The van der Waals surface area contributed by atoms with Gasteiger partial charge in [0.05, 0.1) is 6.54 Å². The van der Waals surface area contributed by atoms with Crippen LogP contribution in [0.2, 0.25) is 10.2 Å². The monoisotopic (exact) mass is 515 g/mol. The van der Waals surface area contributed by atoms with Crippen molar-refractivity contribution in [2.75, 3.05) is 0 Å². The van der Waals surface area contributed by atoms with Crippen molar-refractivity contribution in [1.82, 2.24) is 24.1 Å². The van der Waals surface area contributed by atoms with Crippen LogP contribution in [0.15, 0.2) is 78.0 Å². The normalized spacial score (nSPS) is 11.8. The summed E-state index contributed by atoms with van der Waals surface area (Å²) in [4.78, 5) is 20.6. The molecule has 0 radical (unpaired) electrons. The number of rotatable bonds is 4. The molecule has 0 unspecified atom stereocenters. The molecule has 0 spiro atoms. The van der Waals surface area contributed by atoms with E-state index in [0.29, 0.717) is 27.4 Å². The van der Waals surface area contributed by atoms with Crippen molar-refractivity contribution in [3.05, 3.63) is 105 Å². The molecule has 5 aromatic rings. The summed E-state index contributed by atoms with van der Waals surface area (Å²) in [5.41, 5.74) is 2.24. The molecule has 6 nitrogen and oxygen atoms in total. The molecular formula is C24H14Cl2F3N5O. The van der Waals surface area contributed by atoms with Gasteiger partial charge in [0, 0.05) is 29.2 Å². The second-order valence-electron chi connectivity index (χ2n) is 7.66. The third kappa shape index (κ3) is 4.52. The van der Waals surface area contributed by atoms with Crippen LogP contribution in [0.4, 0.5) is 13.2 Å². The molecule has 0 atom stereocenters. The second-order valence-corrected chi connectivity index (χ2v) is 8.49. The second kappa shape index (κ2) is 8.83. The number of alkyl halides is 3. The number of benzene rings is 1. The molecule has 0 N–H and O–H groups in total. The van der Waals surface area contributed by atoms with Gasteiger partial charge in [-0.25, -0.2) is 18.9 Å². The Morgan fingerprint density at radius 3 is 2.34 bits per heavy atom. The zero-order valence-electron chi connectivity index (χ0n) is 17.7. The summed E-state index contributed by atoms with van der Waals surface area (Å²) in [6.45, 7) is -0.0571. The minimum absolute atomic E-state index is 0.0571. The standard InChI is InChI=1S/C24H14Cl2F3N5O/c25-17-4-2-15(3-5-17)18-8-10-33-22(21(18)16-7-9-30-20(26)11-16)32-34(23(33)35)13-14-1-6-19(31-12-14)24(27,28)29/h1-12H,13H2. The molecule has 0 aliphatic rings. The highest BCUT2D eigenvalue weighted by Crippen LogP contribution is 2.35. The average molecular weight is 516 g/mol. The molecule has 4 aromatic heterocycles. The molecule has 176 valence electrons. The largest absolute Gasteiger partial charge is 0.433 e. The lowest BCUT2D eigenvalue weighted by Crippen LogP contribution is -2.21. The van der Waals surface area contributed by atoms with Crippen molar-refractivity contribution < 1.29 is 13.2 Å². The Morgan fingerprint density at radius 2 is 1.69 bits per heavy atom. The molecule has 0 amide bonds. The van der Waals surface area contributed by atoms with E-state index in [1.165, 1.54) is 15.1 Å². The SMILES string of the molecule is O=c1n(Cc2ccc(C(F)(F)F)nc2)nc2c(-c3ccnc(Cl)c3)c(-c3ccc(Cl)cc3)ccn12. The third-order valence-electron chi connectivity index (χ3n) is 5.37. The van der Waals surface area contributed by atoms with E-state index in [1.807, 2.05) is 12.1 Å². The third-order valence-corrected chi connectivity index (χ3v) is 5.83. The van der Waals surface area contributed by atoms with Crippen LogP contribution in [-0.2, 0) is 12.7 Å². The maximum absolute atomic E-state index is 13.1. The Hall–Kier alpha value is -3.69. The van der Waals surface area contributed by atoms with Crippen LogP contribution in [0.1, 0.15) is 11.3 Å². The molecule has 0 saturated heterocycles. The summed E-state index contributed by atoms with van der Waals surface area (Å²) in [7, 11) is 0. The molecule has 0 aliphatic heterocycles. The molecule has 11 heteroatoms. The summed E-state index contributed by atoms with van der Waals surface area (Å²) < 4.78 is 41.0. The van der Waals surface area contributed by atoms with E-state index >= 15 is 0 Å². The van der Waals surface area contributed by atoms with Crippen LogP contribution in [0.3, 0.4) is 0 Å². The number of halogens is 5. The summed E-state index contributed by atoms with van der Waals surface area (Å²) in [6, 6.07) is 14.6. The topological polar surface area (TPSA) is 65.1 Å². The van der Waals surface area contributed by atoms with Gasteiger partial charge < -0.3 is 0 Å². The fraction of sp³-hybridized carbons (Fsp3) is 0.0833. The number of hydrogen-bond donors (Lipinski definition) is 0. The van der Waals surface area contributed by atoms with Crippen LogP contribution in [0, 0.1) is 0 Å². The van der Waals surface area contributed by atoms with Gasteiger partial charge in [0.1, 0.15) is 10.8 Å². The molecular weight excluding hydrogens is 502 g/mol. The van der Waals surface area contributed by atoms with E-state index < -0.39 is 17.6 Å². The lowest BCUT2D eigenvalue weighted by Gasteiger charge is -2.11. The Balaban J connectivity index is 1.67. The van der Waals surface area contributed by atoms with Crippen molar-refractivity contribution in [3.8, 4) is 22.3 Å². The summed E-state index contributed by atoms with van der Waals surface area (Å²) in [5, 5.41) is 5.36. The summed E-state index contributed by atoms with van der Waals surface area (Å²) in [6.07, 6.45) is -0.308. The first kappa shape index (κ1) is 23.1. The number of aromatic nitrogens is 5. The first-order chi connectivity index (χ1) is 16.7. The Kier molecular flexibility index (Phi) is 5.82. The van der Waals surface area contributed by atoms with Crippen LogP contribution < -0.4 is 5.69 Å². The highest BCUT2D eigenvalue weighted by atomic mass is 35.5. The van der Waals surface area contributed by atoms with Gasteiger partial charge in [0.2, 0.25) is 0 Å². The Bertz CT molecular complexity index is 1590. The van der Waals surface area contributed by atoms with Gasteiger partial charge in [-0.3, -0.25) is 4.98 Å². The zero-order chi connectivity index (χ0) is 24.7. The van der Waals surface area contributed by atoms with E-state index in [0.717, 1.165) is 23.4 Å². The van der Waals surface area contributed by atoms with Gasteiger partial charge in [-0.05, 0) is 58.7 Å². The predicted octanol–water partition coefficient (Wildman–Crippen LogP) is 5.99. The summed E-state index contributed by atoms with van der Waals surface area (Å²) in [5.74, 6) is 0. The fourth-order valence-corrected chi connectivity index (χ4v) is 4.05. The molecule has 5 rings (SSSR count). The van der Waals surface area contributed by atoms with Gasteiger partial charge in [0.15, 0.2) is 5.65 Å². The van der Waals surface area contributed by atoms with Crippen molar-refractivity contribution in [3.63, 3.8) is 0 Å². The molecule has 1 aromatic carbocycles. The molecule has 35 heavy (non-hydrogen) atoms. The predicted molar refractivity (Wildman–Crippen MR) is 126 cm³/mol. The Morgan fingerprint density at radius 1 is 0.914 bits per heavy atom. The first-order valence-corrected chi connectivity index (χ1v) is 11.0. The smallest absolute Gasteiger partial charge is 0.251 e. The van der Waals surface area contributed by atoms with E-state index in [1.54, 1.807) is 42.7 Å². The first-order valence-electron chi connectivity index (χ1n) is 10.2. The average Bonchev–Trinajstić information content (AvgIpc) is 3.14. The highest BCUT2D eigenvalue weighted by molar-refractivity contribution is 6.30. The lowest BCUT2D eigenvalue weighted by atomic mass is 9.96. The van der Waals surface area contributed by atoms with Crippen LogP contribution in [-0.4, -0.2) is 24.1 Å². The molecule has 0 saturated carbocycles. The van der Waals surface area contributed by atoms with Gasteiger partial charge in [-0.2, -0.15) is 13.2 Å². The lowest BCUT2D eigenvalue weighted by molar-refractivity contribution is -0.141. The number of pyridine rings is 3. The minimum Gasteiger partial charge on any atom is -0.251 e. The van der Waals surface area contributed by atoms with Gasteiger partial charge in [-0.15, -0.1) is 5.10 Å². The van der Waals surface area contributed by atoms with Crippen LogP contribution in [0.5, 0.6) is 0 Å². The maximum atomic E-state index is 13.1. The van der Waals surface area contributed by atoms with E-state index in [9.17, 15) is 18.0 Å². The van der Waals surface area contributed by atoms with Crippen molar-refractivity contribution in [2.24, 2.45) is 0 Å². The zero-order valence-corrected chi connectivity index (χ0v) is 19.2. The highest BCUT2D eigenvalue weighted by Gasteiger charge is 2.32. The van der Waals surface area contributed by atoms with Crippen LogP contribution in [0.25, 0.3) is 27.9 Å². The number of fused-ring (bicyclic) bond motifs is 1. The quantitative estimate of drug-likeness (QED) is 0.275. The van der Waals surface area contributed by atoms with E-state index in [-0.39, 0.29) is 11.7 Å². The van der Waals surface area contributed by atoms with Gasteiger partial charge >= 0.3 is 11.9 Å². The molecule has 4 heterocycles. The fourth-order valence-electron chi connectivity index (χ4n) is 3.75. The van der Waals surface area contributed by atoms with Crippen molar-refractivity contribution >= 4 is 28.8 Å². The summed E-state index contributed by atoms with van der Waals surface area (Å²) >= 11 is 12.2. The van der Waals surface area contributed by atoms with Gasteiger partial charge in [0.25, 0.3) is 0 Å². The molecule has 0 fully saturated rings. The molecule has 0 bridgehead atoms. The van der Waals surface area contributed by atoms with E-state index in [4.69, 9.17) is 23.2 Å². The molecule has 0 aliphatic carbocycles. The minimum atomic E-state index is -4.54. The van der Waals surface area contributed by atoms with E-state index in [2.05, 4.69) is 15.1 Å². The van der Waals surface area contributed by atoms with Gasteiger partial charge in [-0.1, -0.05) is 41.4 Å². The van der Waals surface area contributed by atoms with Crippen molar-refractivity contribution in [2.45, 2.75) is 12.7 Å². The van der Waals surface area contributed by atoms with Crippen LogP contribution >= 0.6 is 23.2 Å².